The summed E-state index contributed by atoms with van der Waals surface area (Å²) in [7, 11) is 1.00. The molecule has 2 aliphatic rings. The van der Waals surface area contributed by atoms with Crippen LogP contribution in [0.25, 0.3) is 11.2 Å². The summed E-state index contributed by atoms with van der Waals surface area (Å²) in [5.74, 6) is 0.243. The van der Waals surface area contributed by atoms with Gasteiger partial charge in [0.1, 0.15) is 12.3 Å². The maximum Gasteiger partial charge on any atom is 0.289 e. The average molecular weight is 533 g/mol. The zero-order valence-electron chi connectivity index (χ0n) is 23.2. The number of fused-ring (bicyclic) bond motifs is 1. The number of hydrogen-bond donors (Lipinski definition) is 4. The third kappa shape index (κ3) is 7.39. The van der Waals surface area contributed by atoms with Crippen molar-refractivity contribution in [1.29, 1.82) is 0 Å². The number of rotatable bonds is 11. The number of ether oxygens (including phenoxy) is 1. The molecule has 2 saturated heterocycles. The molecule has 212 valence electrons. The van der Waals surface area contributed by atoms with Crippen molar-refractivity contribution in [3.05, 3.63) is 12.2 Å². The third-order valence-electron chi connectivity index (χ3n) is 7.06. The number of piperidine rings is 1. The number of carbonyl (C=O) groups excluding carboxylic acids is 2. The molecule has 38 heavy (non-hydrogen) atoms. The van der Waals surface area contributed by atoms with Crippen molar-refractivity contribution in [3.8, 4) is 0 Å². The van der Waals surface area contributed by atoms with Crippen molar-refractivity contribution in [3.63, 3.8) is 0 Å². The van der Waals surface area contributed by atoms with Crippen molar-refractivity contribution in [2.24, 2.45) is 0 Å². The van der Waals surface area contributed by atoms with Crippen molar-refractivity contribution in [2.75, 3.05) is 45.2 Å². The van der Waals surface area contributed by atoms with Crippen LogP contribution < -0.4 is 16.0 Å². The van der Waals surface area contributed by atoms with E-state index < -0.39 is 6.10 Å². The maximum absolute atomic E-state index is 13.1. The standard InChI is InChI=1S/C25H40N8O3.CH4O/c1-4-17(5-2)29-21-20-23(33(16-28-20)19-11-10-18(36-19)24(34)26-6-3)31-22(30-21)25(35)27-12-15-32-13-8-7-9-14-32;1-2/h16-19H,4-15H2,1-3H3,(H,26,34)(H,27,35)(H,29,30,31);2H,1H3. The number of anilines is 1. The fraction of sp³-hybridized carbons (Fsp3) is 0.731. The lowest BCUT2D eigenvalue weighted by atomic mass is 10.1. The van der Waals surface area contributed by atoms with Gasteiger partial charge in [-0.05, 0) is 58.5 Å². The van der Waals surface area contributed by atoms with Gasteiger partial charge in [-0.1, -0.05) is 20.3 Å². The Kier molecular flexibility index (Phi) is 11.7. The monoisotopic (exact) mass is 532 g/mol. The summed E-state index contributed by atoms with van der Waals surface area (Å²) >= 11 is 0. The number of aliphatic hydroxyl groups is 1. The second-order valence-electron chi connectivity index (χ2n) is 9.59. The van der Waals surface area contributed by atoms with Crippen LogP contribution in [0.1, 0.15) is 82.6 Å². The molecule has 2 amide bonds. The van der Waals surface area contributed by atoms with Crippen LogP contribution in [0.15, 0.2) is 6.33 Å². The number of hydrogen-bond acceptors (Lipinski definition) is 9. The van der Waals surface area contributed by atoms with E-state index in [0.29, 0.717) is 42.9 Å². The molecule has 12 nitrogen and oxygen atoms in total. The van der Waals surface area contributed by atoms with Gasteiger partial charge in [-0.2, -0.15) is 0 Å². The fourth-order valence-corrected chi connectivity index (χ4v) is 4.91. The van der Waals surface area contributed by atoms with Crippen LogP contribution in [-0.2, 0) is 9.53 Å². The minimum Gasteiger partial charge on any atom is -0.400 e. The summed E-state index contributed by atoms with van der Waals surface area (Å²) in [5, 5.41) is 16.3. The lowest BCUT2D eigenvalue weighted by molar-refractivity contribution is -0.133. The molecule has 2 aliphatic heterocycles. The normalized spacial score (nSPS) is 19.7. The highest BCUT2D eigenvalue weighted by Crippen LogP contribution is 2.32. The Morgan fingerprint density at radius 3 is 2.50 bits per heavy atom. The van der Waals surface area contributed by atoms with Crippen molar-refractivity contribution < 1.29 is 19.4 Å². The Morgan fingerprint density at radius 1 is 1.08 bits per heavy atom. The molecule has 12 heteroatoms. The van der Waals surface area contributed by atoms with E-state index in [1.165, 1.54) is 19.3 Å². The maximum atomic E-state index is 13.1. The number of nitrogens with zero attached hydrogens (tertiary/aromatic N) is 5. The Balaban J connectivity index is 0.00000195. The second kappa shape index (κ2) is 14.9. The molecule has 0 aliphatic carbocycles. The summed E-state index contributed by atoms with van der Waals surface area (Å²) in [4.78, 5) is 41.5. The largest absolute Gasteiger partial charge is 0.400 e. The van der Waals surface area contributed by atoms with E-state index in [1.54, 1.807) is 6.33 Å². The number of aliphatic hydroxyl groups excluding tert-OH is 1. The Bertz CT molecular complexity index is 1040. The van der Waals surface area contributed by atoms with Gasteiger partial charge in [0.15, 0.2) is 17.0 Å². The summed E-state index contributed by atoms with van der Waals surface area (Å²) < 4.78 is 7.87. The van der Waals surface area contributed by atoms with Gasteiger partial charge in [0.25, 0.3) is 5.91 Å². The first kappa shape index (κ1) is 29.7. The van der Waals surface area contributed by atoms with Crippen LogP contribution in [0.4, 0.5) is 5.82 Å². The van der Waals surface area contributed by atoms with Crippen LogP contribution in [0, 0.1) is 0 Å². The molecular weight excluding hydrogens is 488 g/mol. The van der Waals surface area contributed by atoms with Crippen LogP contribution in [-0.4, -0.2) is 93.3 Å². The van der Waals surface area contributed by atoms with Crippen LogP contribution in [0.5, 0.6) is 0 Å². The number of carbonyl (C=O) groups is 2. The zero-order chi connectivity index (χ0) is 27.5. The van der Waals surface area contributed by atoms with Gasteiger partial charge in [0.05, 0.1) is 6.33 Å². The first-order chi connectivity index (χ1) is 18.5. The van der Waals surface area contributed by atoms with Crippen molar-refractivity contribution in [2.45, 2.75) is 84.1 Å². The molecule has 2 unspecified atom stereocenters. The molecule has 2 aromatic heterocycles. The molecule has 0 aromatic carbocycles. The Labute approximate surface area is 224 Å². The minimum absolute atomic E-state index is 0.106. The van der Waals surface area contributed by atoms with E-state index in [-0.39, 0.29) is 29.9 Å². The molecule has 4 N–H and O–H groups in total. The molecule has 0 bridgehead atoms. The predicted octanol–water partition coefficient (Wildman–Crippen LogP) is 2.06. The molecule has 0 saturated carbocycles. The number of nitrogens with one attached hydrogen (secondary N) is 3. The van der Waals surface area contributed by atoms with Crippen LogP contribution in [0.3, 0.4) is 0 Å². The molecule has 2 fully saturated rings. The van der Waals surface area contributed by atoms with E-state index in [0.717, 1.165) is 39.6 Å². The van der Waals surface area contributed by atoms with Gasteiger partial charge in [-0.3, -0.25) is 14.2 Å². The van der Waals surface area contributed by atoms with Gasteiger partial charge < -0.3 is 30.7 Å². The second-order valence-corrected chi connectivity index (χ2v) is 9.59. The van der Waals surface area contributed by atoms with E-state index in [2.05, 4.69) is 49.6 Å². The number of likely N-dealkylation sites (N-methyl/N-ethyl adjacent to an activating group) is 1. The average Bonchev–Trinajstić information content (AvgIpc) is 3.61. The predicted molar refractivity (Wildman–Crippen MR) is 146 cm³/mol. The van der Waals surface area contributed by atoms with Crippen LogP contribution >= 0.6 is 0 Å². The number of likely N-dealkylation sites (tertiary alicyclic amines) is 1. The molecular formula is C26H44N8O4. The molecule has 2 aromatic rings. The highest BCUT2D eigenvalue weighted by molar-refractivity contribution is 5.94. The Hall–Kier alpha value is -2.83. The van der Waals surface area contributed by atoms with Crippen molar-refractivity contribution >= 4 is 28.8 Å². The first-order valence-corrected chi connectivity index (χ1v) is 13.9. The quantitative estimate of drug-likeness (QED) is 0.341. The highest BCUT2D eigenvalue weighted by atomic mass is 16.5. The molecule has 0 radical (unpaired) electrons. The molecule has 4 heterocycles. The lowest BCUT2D eigenvalue weighted by Gasteiger charge is -2.26. The van der Waals surface area contributed by atoms with Gasteiger partial charge in [-0.15, -0.1) is 0 Å². The third-order valence-corrected chi connectivity index (χ3v) is 7.06. The smallest absolute Gasteiger partial charge is 0.289 e. The summed E-state index contributed by atoms with van der Waals surface area (Å²) in [6.07, 6.45) is 7.60. The fourth-order valence-electron chi connectivity index (χ4n) is 4.91. The first-order valence-electron chi connectivity index (χ1n) is 13.9. The van der Waals surface area contributed by atoms with Gasteiger partial charge in [0.2, 0.25) is 11.7 Å². The summed E-state index contributed by atoms with van der Waals surface area (Å²) in [6.45, 7) is 10.2. The number of aromatic nitrogens is 4. The molecule has 0 spiro atoms. The van der Waals surface area contributed by atoms with E-state index in [1.807, 2.05) is 11.5 Å². The highest BCUT2D eigenvalue weighted by Gasteiger charge is 2.33. The van der Waals surface area contributed by atoms with E-state index in [4.69, 9.17) is 9.84 Å². The number of amides is 2. The van der Waals surface area contributed by atoms with E-state index in [9.17, 15) is 9.59 Å². The SMILES string of the molecule is CCNC(=O)C1CCC(n2cnc3c(NC(CC)CC)nc(C(=O)NCCN4CCCCC4)nc32)O1.CO. The summed E-state index contributed by atoms with van der Waals surface area (Å²) in [6, 6.07) is 0.202. The number of imidazole rings is 1. The van der Waals surface area contributed by atoms with Gasteiger partial charge in [-0.25, -0.2) is 15.0 Å². The van der Waals surface area contributed by atoms with Crippen molar-refractivity contribution in [1.82, 2.24) is 35.1 Å². The van der Waals surface area contributed by atoms with Gasteiger partial charge in [0, 0.05) is 32.8 Å². The topological polar surface area (TPSA) is 147 Å². The minimum atomic E-state index is -0.506. The lowest BCUT2D eigenvalue weighted by Crippen LogP contribution is -2.38. The Morgan fingerprint density at radius 2 is 1.82 bits per heavy atom. The van der Waals surface area contributed by atoms with Crippen LogP contribution in [0.2, 0.25) is 0 Å². The van der Waals surface area contributed by atoms with Gasteiger partial charge >= 0.3 is 0 Å². The molecule has 4 rings (SSSR count). The zero-order valence-corrected chi connectivity index (χ0v) is 23.2. The van der Waals surface area contributed by atoms with E-state index >= 15 is 0 Å². The summed E-state index contributed by atoms with van der Waals surface area (Å²) in [5.41, 5.74) is 1.12. The molecule has 2 atom stereocenters.